The van der Waals surface area contributed by atoms with E-state index in [1.54, 1.807) is 0 Å². The number of halogens is 6. The van der Waals surface area contributed by atoms with Crippen LogP contribution in [0.25, 0.3) is 0 Å². The van der Waals surface area contributed by atoms with Crippen molar-refractivity contribution in [3.05, 3.63) is 34.9 Å². The summed E-state index contributed by atoms with van der Waals surface area (Å²) in [5.74, 6) is 0.268. The normalized spacial score (nSPS) is 14.6. The summed E-state index contributed by atoms with van der Waals surface area (Å²) in [6.07, 6.45) is -8.73. The van der Waals surface area contributed by atoms with Crippen molar-refractivity contribution in [3.8, 4) is 0 Å². The molecule has 0 aromatic heterocycles. The molecule has 120 valence electrons. The Labute approximate surface area is 119 Å². The van der Waals surface area contributed by atoms with Gasteiger partial charge in [0.1, 0.15) is 0 Å². The van der Waals surface area contributed by atoms with Gasteiger partial charge in [0.15, 0.2) is 0 Å². The minimum Gasteiger partial charge on any atom is -0.324 e. The Hall–Kier alpha value is -1.24. The molecule has 21 heavy (non-hydrogen) atoms. The largest absolute Gasteiger partial charge is 0.416 e. The second-order valence-corrected chi connectivity index (χ2v) is 5.42. The van der Waals surface area contributed by atoms with Crippen molar-refractivity contribution in [3.63, 3.8) is 0 Å². The van der Waals surface area contributed by atoms with Crippen molar-refractivity contribution in [2.75, 3.05) is 0 Å². The van der Waals surface area contributed by atoms with Gasteiger partial charge < -0.3 is 5.73 Å². The molecule has 1 nitrogen and oxygen atoms in total. The Morgan fingerprint density at radius 1 is 0.857 bits per heavy atom. The van der Waals surface area contributed by atoms with Crippen LogP contribution in [0.5, 0.6) is 0 Å². The van der Waals surface area contributed by atoms with Gasteiger partial charge in [0.25, 0.3) is 0 Å². The summed E-state index contributed by atoms with van der Waals surface area (Å²) in [4.78, 5) is 0. The monoisotopic (exact) mass is 313 g/mol. The van der Waals surface area contributed by atoms with Crippen molar-refractivity contribution < 1.29 is 26.3 Å². The average molecular weight is 313 g/mol. The second-order valence-electron chi connectivity index (χ2n) is 5.42. The Bertz CT molecular complexity index is 443. The molecule has 7 heteroatoms. The minimum atomic E-state index is -4.84. The smallest absolute Gasteiger partial charge is 0.324 e. The van der Waals surface area contributed by atoms with Gasteiger partial charge in [0, 0.05) is 6.04 Å². The van der Waals surface area contributed by atoms with Crippen molar-refractivity contribution >= 4 is 0 Å². The van der Waals surface area contributed by atoms with Crippen LogP contribution in [0.1, 0.15) is 49.4 Å². The zero-order chi connectivity index (χ0) is 16.4. The van der Waals surface area contributed by atoms with Crippen LogP contribution in [0.4, 0.5) is 26.3 Å². The lowest BCUT2D eigenvalue weighted by Crippen LogP contribution is -2.16. The van der Waals surface area contributed by atoms with E-state index in [1.807, 2.05) is 13.8 Å². The quantitative estimate of drug-likeness (QED) is 0.763. The van der Waals surface area contributed by atoms with Crippen LogP contribution < -0.4 is 5.73 Å². The lowest BCUT2D eigenvalue weighted by Gasteiger charge is -2.18. The predicted molar refractivity (Wildman–Crippen MR) is 67.4 cm³/mol. The molecule has 0 aliphatic rings. The van der Waals surface area contributed by atoms with E-state index in [0.29, 0.717) is 25.0 Å². The molecule has 1 aromatic rings. The number of nitrogens with two attached hydrogens (primary N) is 1. The van der Waals surface area contributed by atoms with Gasteiger partial charge >= 0.3 is 12.4 Å². The fourth-order valence-electron chi connectivity index (χ4n) is 1.87. The first-order chi connectivity index (χ1) is 9.41. The first-order valence-electron chi connectivity index (χ1n) is 6.46. The SMILES string of the molecule is CC(C)CC[C@H](N)c1cc(C(F)(F)F)cc(C(F)(F)F)c1. The minimum absolute atomic E-state index is 0.110. The molecule has 1 aromatic carbocycles. The van der Waals surface area contributed by atoms with Gasteiger partial charge in [-0.05, 0) is 42.5 Å². The van der Waals surface area contributed by atoms with Gasteiger partial charge in [0.05, 0.1) is 11.1 Å². The van der Waals surface area contributed by atoms with Crippen LogP contribution in [0.15, 0.2) is 18.2 Å². The van der Waals surface area contributed by atoms with E-state index >= 15 is 0 Å². The van der Waals surface area contributed by atoms with E-state index in [9.17, 15) is 26.3 Å². The van der Waals surface area contributed by atoms with Crippen LogP contribution in [0.2, 0.25) is 0 Å². The summed E-state index contributed by atoms with van der Waals surface area (Å²) < 4.78 is 76.2. The first-order valence-corrected chi connectivity index (χ1v) is 6.46. The van der Waals surface area contributed by atoms with E-state index < -0.39 is 29.5 Å². The van der Waals surface area contributed by atoms with Gasteiger partial charge in [-0.15, -0.1) is 0 Å². The van der Waals surface area contributed by atoms with Crippen LogP contribution in [0.3, 0.4) is 0 Å². The maximum Gasteiger partial charge on any atom is 0.416 e. The lowest BCUT2D eigenvalue weighted by molar-refractivity contribution is -0.143. The zero-order valence-electron chi connectivity index (χ0n) is 11.6. The Morgan fingerprint density at radius 2 is 1.29 bits per heavy atom. The van der Waals surface area contributed by atoms with Crippen LogP contribution >= 0.6 is 0 Å². The zero-order valence-corrected chi connectivity index (χ0v) is 11.6. The maximum absolute atomic E-state index is 12.7. The third kappa shape index (κ3) is 5.22. The van der Waals surface area contributed by atoms with Crippen LogP contribution in [-0.4, -0.2) is 0 Å². The molecule has 1 atom stereocenters. The first kappa shape index (κ1) is 17.8. The van der Waals surface area contributed by atoms with Crippen molar-refractivity contribution in [1.29, 1.82) is 0 Å². The number of hydrogen-bond acceptors (Lipinski definition) is 1. The molecule has 0 fully saturated rings. The van der Waals surface area contributed by atoms with Crippen molar-refractivity contribution in [1.82, 2.24) is 0 Å². The fourth-order valence-corrected chi connectivity index (χ4v) is 1.87. The third-order valence-corrected chi connectivity index (χ3v) is 3.09. The predicted octanol–water partition coefficient (Wildman–Crippen LogP) is 5.16. The molecule has 0 unspecified atom stereocenters. The van der Waals surface area contributed by atoms with Gasteiger partial charge in [0.2, 0.25) is 0 Å². The number of alkyl halides is 6. The molecule has 0 spiro atoms. The molecular formula is C14H17F6N. The molecule has 0 heterocycles. The maximum atomic E-state index is 12.7. The highest BCUT2D eigenvalue weighted by atomic mass is 19.4. The molecule has 1 rings (SSSR count). The summed E-state index contributed by atoms with van der Waals surface area (Å²) >= 11 is 0. The fraction of sp³-hybridized carbons (Fsp3) is 0.571. The molecule has 0 aliphatic heterocycles. The Morgan fingerprint density at radius 3 is 1.62 bits per heavy atom. The van der Waals surface area contributed by atoms with E-state index in [0.717, 1.165) is 0 Å². The third-order valence-electron chi connectivity index (χ3n) is 3.09. The topological polar surface area (TPSA) is 26.0 Å². The van der Waals surface area contributed by atoms with E-state index in [-0.39, 0.29) is 17.5 Å². The highest BCUT2D eigenvalue weighted by Gasteiger charge is 2.37. The van der Waals surface area contributed by atoms with Gasteiger partial charge in [-0.3, -0.25) is 0 Å². The molecule has 0 bridgehead atoms. The van der Waals surface area contributed by atoms with Gasteiger partial charge in [-0.1, -0.05) is 13.8 Å². The highest BCUT2D eigenvalue weighted by molar-refractivity contribution is 5.35. The number of rotatable bonds is 4. The Balaban J connectivity index is 3.19. The summed E-state index contributed by atoms with van der Waals surface area (Å²) in [5.41, 5.74) is 2.94. The van der Waals surface area contributed by atoms with Crippen molar-refractivity contribution in [2.24, 2.45) is 11.7 Å². The summed E-state index contributed by atoms with van der Waals surface area (Å²) in [5, 5.41) is 0. The molecule has 0 radical (unpaired) electrons. The Kier molecular flexibility index (Phi) is 5.30. The summed E-state index contributed by atoms with van der Waals surface area (Å²) in [7, 11) is 0. The second kappa shape index (κ2) is 6.25. The van der Waals surface area contributed by atoms with E-state index in [2.05, 4.69) is 0 Å². The molecule has 0 amide bonds. The highest BCUT2D eigenvalue weighted by Crippen LogP contribution is 2.37. The summed E-state index contributed by atoms with van der Waals surface area (Å²) in [6.45, 7) is 3.81. The summed E-state index contributed by atoms with van der Waals surface area (Å²) in [6, 6.07) is 0.648. The van der Waals surface area contributed by atoms with Gasteiger partial charge in [-0.2, -0.15) is 26.3 Å². The number of hydrogen-bond donors (Lipinski definition) is 1. The van der Waals surface area contributed by atoms with Crippen LogP contribution in [0, 0.1) is 5.92 Å². The molecular weight excluding hydrogens is 296 g/mol. The number of benzene rings is 1. The van der Waals surface area contributed by atoms with Gasteiger partial charge in [-0.25, -0.2) is 0 Å². The molecule has 0 saturated heterocycles. The standard InChI is InChI=1S/C14H17F6N/c1-8(2)3-4-12(21)9-5-10(13(15,16)17)7-11(6-9)14(18,19)20/h5-8,12H,3-4,21H2,1-2H3/t12-/m0/s1. The van der Waals surface area contributed by atoms with E-state index in [1.165, 1.54) is 0 Å². The van der Waals surface area contributed by atoms with Crippen LogP contribution in [-0.2, 0) is 12.4 Å². The molecule has 0 saturated carbocycles. The lowest BCUT2D eigenvalue weighted by atomic mass is 9.95. The van der Waals surface area contributed by atoms with Crippen molar-refractivity contribution in [2.45, 2.75) is 45.1 Å². The average Bonchev–Trinajstić information content (AvgIpc) is 2.33. The molecule has 0 aliphatic carbocycles. The molecule has 2 N–H and O–H groups in total. The van der Waals surface area contributed by atoms with E-state index in [4.69, 9.17) is 5.73 Å².